The number of para-hydroxylation sites is 1. The molecule has 2 amide bonds. The molecule has 0 atom stereocenters. The van der Waals surface area contributed by atoms with Gasteiger partial charge in [-0.3, -0.25) is 19.3 Å². The SMILES string of the molecule is CNC(=O)CN1C(=O)C(=O)c2cccc(Cl)c21. The van der Waals surface area contributed by atoms with Gasteiger partial charge in [-0.1, -0.05) is 17.7 Å². The molecule has 1 heterocycles. The van der Waals surface area contributed by atoms with Crippen molar-refractivity contribution in [1.29, 1.82) is 0 Å². The first-order chi connectivity index (χ1) is 8.06. The number of rotatable bonds is 2. The van der Waals surface area contributed by atoms with E-state index < -0.39 is 11.7 Å². The molecule has 88 valence electrons. The molecule has 17 heavy (non-hydrogen) atoms. The predicted molar refractivity (Wildman–Crippen MR) is 62.2 cm³/mol. The molecule has 1 aromatic carbocycles. The second kappa shape index (κ2) is 4.18. The van der Waals surface area contributed by atoms with Gasteiger partial charge >= 0.3 is 0 Å². The summed E-state index contributed by atoms with van der Waals surface area (Å²) >= 11 is 5.94. The number of halogens is 1. The number of ketones is 1. The molecule has 0 fully saturated rings. The molecular weight excluding hydrogens is 244 g/mol. The Morgan fingerprint density at radius 1 is 1.41 bits per heavy atom. The number of Topliss-reactive ketones (excluding diaryl/α,β-unsaturated/α-hetero) is 1. The van der Waals surface area contributed by atoms with Crippen LogP contribution in [0.2, 0.25) is 5.02 Å². The van der Waals surface area contributed by atoms with Crippen LogP contribution in [-0.2, 0) is 9.59 Å². The van der Waals surface area contributed by atoms with Crippen LogP contribution in [0.3, 0.4) is 0 Å². The largest absolute Gasteiger partial charge is 0.358 e. The summed E-state index contributed by atoms with van der Waals surface area (Å²) in [5, 5.41) is 2.67. The quantitative estimate of drug-likeness (QED) is 0.785. The second-order valence-electron chi connectivity index (χ2n) is 3.53. The maximum absolute atomic E-state index is 11.7. The van der Waals surface area contributed by atoms with Gasteiger partial charge in [-0.15, -0.1) is 0 Å². The lowest BCUT2D eigenvalue weighted by molar-refractivity contribution is -0.121. The Labute approximate surface area is 102 Å². The number of hydrogen-bond donors (Lipinski definition) is 1. The Morgan fingerprint density at radius 3 is 2.76 bits per heavy atom. The van der Waals surface area contributed by atoms with Crippen molar-refractivity contribution in [3.05, 3.63) is 28.8 Å². The average Bonchev–Trinajstić information content (AvgIpc) is 2.56. The van der Waals surface area contributed by atoms with Gasteiger partial charge in [0.25, 0.3) is 11.7 Å². The lowest BCUT2D eigenvalue weighted by Crippen LogP contribution is -2.39. The van der Waals surface area contributed by atoms with Crippen LogP contribution >= 0.6 is 11.6 Å². The lowest BCUT2D eigenvalue weighted by atomic mass is 10.1. The summed E-state index contributed by atoms with van der Waals surface area (Å²) in [6.45, 7) is -0.211. The number of nitrogens with zero attached hydrogens (tertiary/aromatic N) is 1. The van der Waals surface area contributed by atoms with Crippen LogP contribution in [-0.4, -0.2) is 31.2 Å². The Balaban J connectivity index is 2.47. The number of benzene rings is 1. The van der Waals surface area contributed by atoms with Gasteiger partial charge in [0.15, 0.2) is 0 Å². The smallest absolute Gasteiger partial charge is 0.300 e. The van der Waals surface area contributed by atoms with Crippen LogP contribution in [0.4, 0.5) is 5.69 Å². The van der Waals surface area contributed by atoms with E-state index in [2.05, 4.69) is 5.32 Å². The first kappa shape index (κ1) is 11.6. The van der Waals surface area contributed by atoms with Crippen molar-refractivity contribution in [2.75, 3.05) is 18.5 Å². The first-order valence-corrected chi connectivity index (χ1v) is 5.29. The van der Waals surface area contributed by atoms with Crippen molar-refractivity contribution in [3.63, 3.8) is 0 Å². The Bertz CT molecular complexity index is 527. The monoisotopic (exact) mass is 252 g/mol. The topological polar surface area (TPSA) is 66.5 Å². The highest BCUT2D eigenvalue weighted by molar-refractivity contribution is 6.54. The van der Waals surface area contributed by atoms with Gasteiger partial charge in [0.1, 0.15) is 6.54 Å². The Morgan fingerprint density at radius 2 is 2.12 bits per heavy atom. The molecule has 0 unspecified atom stereocenters. The van der Waals surface area contributed by atoms with Crippen molar-refractivity contribution < 1.29 is 14.4 Å². The molecule has 0 aromatic heterocycles. The number of likely N-dealkylation sites (N-methyl/N-ethyl adjacent to an activating group) is 1. The molecule has 0 saturated heterocycles. The summed E-state index contributed by atoms with van der Waals surface area (Å²) in [4.78, 5) is 35.7. The summed E-state index contributed by atoms with van der Waals surface area (Å²) < 4.78 is 0. The van der Waals surface area contributed by atoms with E-state index >= 15 is 0 Å². The number of nitrogens with one attached hydrogen (secondary N) is 1. The second-order valence-corrected chi connectivity index (χ2v) is 3.94. The van der Waals surface area contributed by atoms with Crippen molar-refractivity contribution in [2.45, 2.75) is 0 Å². The van der Waals surface area contributed by atoms with E-state index in [0.29, 0.717) is 5.69 Å². The van der Waals surface area contributed by atoms with Crippen molar-refractivity contribution in [1.82, 2.24) is 5.32 Å². The van der Waals surface area contributed by atoms with Gasteiger partial charge in [0.2, 0.25) is 5.91 Å². The minimum Gasteiger partial charge on any atom is -0.358 e. The molecule has 0 aliphatic carbocycles. The van der Waals surface area contributed by atoms with E-state index in [1.54, 1.807) is 12.1 Å². The van der Waals surface area contributed by atoms with Gasteiger partial charge in [0, 0.05) is 7.05 Å². The van der Waals surface area contributed by atoms with Crippen LogP contribution < -0.4 is 10.2 Å². The molecule has 5 nitrogen and oxygen atoms in total. The normalized spacial score (nSPS) is 13.9. The third-order valence-corrected chi connectivity index (χ3v) is 2.83. The molecule has 1 aliphatic heterocycles. The summed E-state index contributed by atoms with van der Waals surface area (Å²) in [7, 11) is 1.46. The number of fused-ring (bicyclic) bond motifs is 1. The summed E-state index contributed by atoms with van der Waals surface area (Å²) in [5.74, 6) is -1.72. The van der Waals surface area contributed by atoms with E-state index in [1.165, 1.54) is 13.1 Å². The maximum Gasteiger partial charge on any atom is 0.300 e. The summed E-state index contributed by atoms with van der Waals surface area (Å²) in [5.41, 5.74) is 0.555. The van der Waals surface area contributed by atoms with Crippen LogP contribution in [0, 0.1) is 0 Å². The standard InChI is InChI=1S/C11H9ClN2O3/c1-13-8(15)5-14-9-6(10(16)11(14)17)3-2-4-7(9)12/h2-4H,5H2,1H3,(H,13,15). The van der Waals surface area contributed by atoms with Crippen molar-refractivity contribution in [3.8, 4) is 0 Å². The predicted octanol–water partition coefficient (Wildman–Crippen LogP) is 0.615. The third kappa shape index (κ3) is 1.78. The highest BCUT2D eigenvalue weighted by Crippen LogP contribution is 2.35. The fourth-order valence-electron chi connectivity index (χ4n) is 1.69. The van der Waals surface area contributed by atoms with Crippen molar-refractivity contribution >= 4 is 34.9 Å². The maximum atomic E-state index is 11.7. The number of anilines is 1. The molecule has 1 N–H and O–H groups in total. The highest BCUT2D eigenvalue weighted by atomic mass is 35.5. The Kier molecular flexibility index (Phi) is 2.85. The van der Waals surface area contributed by atoms with E-state index in [-0.39, 0.29) is 23.0 Å². The highest BCUT2D eigenvalue weighted by Gasteiger charge is 2.38. The molecule has 0 spiro atoms. The zero-order valence-corrected chi connectivity index (χ0v) is 9.75. The van der Waals surface area contributed by atoms with Crippen LogP contribution in [0.5, 0.6) is 0 Å². The molecule has 1 aliphatic rings. The molecule has 2 rings (SSSR count). The number of amides is 2. The molecule has 0 bridgehead atoms. The van der Waals surface area contributed by atoms with E-state index in [0.717, 1.165) is 4.90 Å². The van der Waals surface area contributed by atoms with Crippen LogP contribution in [0.25, 0.3) is 0 Å². The third-order valence-electron chi connectivity index (χ3n) is 2.52. The minimum absolute atomic E-state index is 0.211. The molecule has 1 aromatic rings. The fraction of sp³-hybridized carbons (Fsp3) is 0.182. The number of carbonyl (C=O) groups is 3. The van der Waals surface area contributed by atoms with Crippen LogP contribution in [0.15, 0.2) is 18.2 Å². The van der Waals surface area contributed by atoms with Crippen molar-refractivity contribution in [2.24, 2.45) is 0 Å². The fourth-order valence-corrected chi connectivity index (χ4v) is 1.96. The van der Waals surface area contributed by atoms with E-state index in [1.807, 2.05) is 0 Å². The number of hydrogen-bond acceptors (Lipinski definition) is 3. The lowest BCUT2D eigenvalue weighted by Gasteiger charge is -2.16. The number of carbonyl (C=O) groups excluding carboxylic acids is 3. The summed E-state index contributed by atoms with van der Waals surface area (Å²) in [6.07, 6.45) is 0. The van der Waals surface area contributed by atoms with Gasteiger partial charge in [-0.2, -0.15) is 0 Å². The molecule has 0 radical (unpaired) electrons. The summed E-state index contributed by atoms with van der Waals surface area (Å²) in [6, 6.07) is 4.68. The minimum atomic E-state index is -0.725. The average molecular weight is 253 g/mol. The van der Waals surface area contributed by atoms with Gasteiger partial charge < -0.3 is 5.32 Å². The van der Waals surface area contributed by atoms with E-state index in [4.69, 9.17) is 11.6 Å². The zero-order valence-electron chi connectivity index (χ0n) is 8.99. The van der Waals surface area contributed by atoms with Gasteiger partial charge in [-0.05, 0) is 12.1 Å². The van der Waals surface area contributed by atoms with Crippen LogP contribution in [0.1, 0.15) is 10.4 Å². The Hall–Kier alpha value is -1.88. The first-order valence-electron chi connectivity index (χ1n) is 4.91. The van der Waals surface area contributed by atoms with Gasteiger partial charge in [-0.25, -0.2) is 0 Å². The van der Waals surface area contributed by atoms with Gasteiger partial charge in [0.05, 0.1) is 16.3 Å². The molecular formula is C11H9ClN2O3. The molecule has 6 heteroatoms. The molecule has 0 saturated carbocycles. The zero-order chi connectivity index (χ0) is 12.6. The van der Waals surface area contributed by atoms with E-state index in [9.17, 15) is 14.4 Å².